The summed E-state index contributed by atoms with van der Waals surface area (Å²) in [4.78, 5) is 75.3. The summed E-state index contributed by atoms with van der Waals surface area (Å²) in [6.07, 6.45) is 8.42. The van der Waals surface area contributed by atoms with Crippen molar-refractivity contribution in [2.75, 3.05) is 69.6 Å². The van der Waals surface area contributed by atoms with E-state index in [2.05, 4.69) is 33.0 Å². The van der Waals surface area contributed by atoms with E-state index < -0.39 is 26.5 Å². The number of amides is 5. The maximum atomic E-state index is 11.7. The molecular formula is C51H96N5O12S2-. The molecule has 0 saturated carbocycles. The molecule has 0 radical (unpaired) electrons. The quantitative estimate of drug-likeness (QED) is 0.116. The fourth-order valence-electron chi connectivity index (χ4n) is 7.76. The van der Waals surface area contributed by atoms with Crippen LogP contribution < -0.4 is 5.32 Å². The topological polar surface area (TPSA) is 231 Å². The number of carbonyl (C=O) groups is 6. The third-order valence-corrected chi connectivity index (χ3v) is 14.1. The van der Waals surface area contributed by atoms with Crippen molar-refractivity contribution in [2.24, 2.45) is 35.5 Å². The fraction of sp³-hybridized carbons (Fsp3) is 0.882. The lowest BCUT2D eigenvalue weighted by Crippen LogP contribution is -2.45. The summed E-state index contributed by atoms with van der Waals surface area (Å²) >= 11 is -1.95. The van der Waals surface area contributed by atoms with Crippen LogP contribution >= 0.6 is 0 Å². The summed E-state index contributed by atoms with van der Waals surface area (Å²) in [5.41, 5.74) is -0.902. The van der Waals surface area contributed by atoms with Crippen molar-refractivity contribution in [3.63, 3.8) is 0 Å². The average molecular weight is 1040 g/mol. The lowest BCUT2D eigenvalue weighted by Gasteiger charge is -2.36. The van der Waals surface area contributed by atoms with Gasteiger partial charge in [-0.05, 0) is 102 Å². The summed E-state index contributed by atoms with van der Waals surface area (Å²) in [5, 5.41) is 12.5. The van der Waals surface area contributed by atoms with Gasteiger partial charge in [-0.25, -0.2) is 8.42 Å². The van der Waals surface area contributed by atoms with E-state index in [-0.39, 0.29) is 64.4 Å². The molecule has 1 unspecified atom stereocenters. The Kier molecular flexibility index (Phi) is 32.0. The van der Waals surface area contributed by atoms with Crippen molar-refractivity contribution in [1.82, 2.24) is 24.9 Å². The van der Waals surface area contributed by atoms with Crippen molar-refractivity contribution in [1.29, 1.82) is 0 Å². The number of piperidine rings is 3. The Labute approximate surface area is 425 Å². The zero-order chi connectivity index (χ0) is 54.0. The van der Waals surface area contributed by atoms with Crippen LogP contribution in [0.25, 0.3) is 0 Å². The molecule has 0 aromatic heterocycles. The van der Waals surface area contributed by atoms with Gasteiger partial charge in [-0.2, -0.15) is 0 Å². The standard InChI is InChI=1S/C11H20N2O2.C11H21NO3S.C11H21NO2.C9H17NO3S.C9H18O2/c1-9(2)7-11(15)13-5-3-10(4-6-13)12-8-14;1-9(2)7-11(13)12-5-3-10(4-6-12)8-16(14)15;1-9(2)8-10(13)12-6-4-11(3,14)5-7-12;1-8(2)7-9(11)10-3-5-14(12,13)6-4-10;1-7(2)6-8(10)11-9(3,4)5/h8-10H,3-7H2,1-2H3,(H,12,14);9-10H,3-8H2,1-2H3,(H,14,15);9,14H,4-8H2,1-3H3;8H,3-7H2,1-2H3;7H,6H2,1-5H3/p-1. The molecule has 0 aliphatic carbocycles. The Morgan fingerprint density at radius 3 is 1.29 bits per heavy atom. The summed E-state index contributed by atoms with van der Waals surface area (Å²) < 4.78 is 48.4. The minimum absolute atomic E-state index is 0.0786. The van der Waals surface area contributed by atoms with Gasteiger partial charge in [-0.1, -0.05) is 80.3 Å². The zero-order valence-electron chi connectivity index (χ0n) is 45.7. The van der Waals surface area contributed by atoms with E-state index in [0.717, 1.165) is 45.2 Å². The molecule has 4 aliphatic heterocycles. The number of hydrogen-bond acceptors (Lipinski definition) is 12. The number of esters is 1. The van der Waals surface area contributed by atoms with Gasteiger partial charge in [0, 0.05) is 96.3 Å². The number of ether oxygens (including phenoxy) is 1. The van der Waals surface area contributed by atoms with Crippen LogP contribution in [0.2, 0.25) is 0 Å². The first-order valence-corrected chi connectivity index (χ1v) is 28.8. The first kappa shape index (κ1) is 66.8. The van der Waals surface area contributed by atoms with Gasteiger partial charge in [-0.15, -0.1) is 0 Å². The fourth-order valence-corrected chi connectivity index (χ4v) is 9.68. The van der Waals surface area contributed by atoms with Crippen LogP contribution in [0.5, 0.6) is 0 Å². The second-order valence-corrected chi connectivity index (χ2v) is 26.0. The number of hydrogen-bond donors (Lipinski definition) is 2. The van der Waals surface area contributed by atoms with E-state index in [1.54, 1.807) is 4.90 Å². The molecule has 0 aromatic rings. The van der Waals surface area contributed by atoms with E-state index in [9.17, 15) is 51.1 Å². The van der Waals surface area contributed by atoms with Gasteiger partial charge in [0.2, 0.25) is 30.0 Å². The highest BCUT2D eigenvalue weighted by Crippen LogP contribution is 2.23. The van der Waals surface area contributed by atoms with Crippen molar-refractivity contribution in [3.8, 4) is 0 Å². The molecule has 19 heteroatoms. The van der Waals surface area contributed by atoms with E-state index in [1.807, 2.05) is 83.9 Å². The normalized spacial score (nSPS) is 18.8. The van der Waals surface area contributed by atoms with Gasteiger partial charge in [0.05, 0.1) is 17.1 Å². The largest absolute Gasteiger partial charge is 0.772 e. The van der Waals surface area contributed by atoms with Crippen LogP contribution in [-0.2, 0) is 54.4 Å². The van der Waals surface area contributed by atoms with Crippen LogP contribution in [0.3, 0.4) is 0 Å². The molecule has 0 aromatic carbocycles. The molecule has 5 amide bonds. The number of aliphatic hydroxyl groups is 1. The van der Waals surface area contributed by atoms with Gasteiger partial charge in [0.15, 0.2) is 9.84 Å². The lowest BCUT2D eigenvalue weighted by molar-refractivity contribution is -0.155. The van der Waals surface area contributed by atoms with Gasteiger partial charge in [0.1, 0.15) is 5.60 Å². The maximum absolute atomic E-state index is 11.7. The number of nitrogens with one attached hydrogen (secondary N) is 1. The highest BCUT2D eigenvalue weighted by atomic mass is 32.2. The van der Waals surface area contributed by atoms with Crippen molar-refractivity contribution >= 4 is 56.9 Å². The Balaban J connectivity index is 0.000000855. The Morgan fingerprint density at radius 2 is 0.971 bits per heavy atom. The van der Waals surface area contributed by atoms with Crippen LogP contribution in [0.1, 0.15) is 168 Å². The van der Waals surface area contributed by atoms with Gasteiger partial charge >= 0.3 is 5.97 Å². The average Bonchev–Trinajstić information content (AvgIpc) is 3.20. The van der Waals surface area contributed by atoms with Crippen molar-refractivity contribution in [3.05, 3.63) is 0 Å². The molecule has 4 rings (SSSR count). The lowest BCUT2D eigenvalue weighted by atomic mass is 9.93. The monoisotopic (exact) mass is 1030 g/mol. The molecule has 1 atom stereocenters. The molecule has 0 bridgehead atoms. The van der Waals surface area contributed by atoms with Crippen molar-refractivity contribution < 1.29 is 55.8 Å². The number of sulfone groups is 1. The van der Waals surface area contributed by atoms with Crippen LogP contribution in [-0.4, -0.2) is 165 Å². The first-order chi connectivity index (χ1) is 32.2. The summed E-state index contributed by atoms with van der Waals surface area (Å²) in [7, 11) is -2.87. The summed E-state index contributed by atoms with van der Waals surface area (Å²) in [6.45, 7) is 32.9. The van der Waals surface area contributed by atoms with E-state index in [0.29, 0.717) is 114 Å². The maximum Gasteiger partial charge on any atom is 0.306 e. The molecule has 70 heavy (non-hydrogen) atoms. The highest BCUT2D eigenvalue weighted by molar-refractivity contribution is 7.91. The number of nitrogens with zero attached hydrogens (tertiary/aromatic N) is 4. The van der Waals surface area contributed by atoms with Crippen LogP contribution in [0.4, 0.5) is 0 Å². The van der Waals surface area contributed by atoms with Crippen molar-refractivity contribution in [2.45, 2.75) is 185 Å². The second kappa shape index (κ2) is 33.5. The first-order valence-electron chi connectivity index (χ1n) is 25.8. The molecule has 2 N–H and O–H groups in total. The number of carbonyl (C=O) groups excluding carboxylic acids is 6. The van der Waals surface area contributed by atoms with Crippen LogP contribution in [0.15, 0.2) is 0 Å². The second-order valence-electron chi connectivity index (χ2n) is 22.7. The molecule has 4 heterocycles. The third-order valence-electron chi connectivity index (χ3n) is 11.7. The highest BCUT2D eigenvalue weighted by Gasteiger charge is 2.30. The Bertz CT molecular complexity index is 1680. The Morgan fingerprint density at radius 1 is 0.643 bits per heavy atom. The molecule has 4 fully saturated rings. The molecule has 4 saturated heterocycles. The summed E-state index contributed by atoms with van der Waals surface area (Å²) in [5.74, 6) is 3.32. The molecule has 17 nitrogen and oxygen atoms in total. The molecule has 4 aliphatic rings. The van der Waals surface area contributed by atoms with Gasteiger partial charge < -0.3 is 39.3 Å². The zero-order valence-corrected chi connectivity index (χ0v) is 47.4. The van der Waals surface area contributed by atoms with Gasteiger partial charge in [-0.3, -0.25) is 33.0 Å². The molecule has 410 valence electrons. The van der Waals surface area contributed by atoms with E-state index >= 15 is 0 Å². The van der Waals surface area contributed by atoms with Gasteiger partial charge in [0.25, 0.3) is 0 Å². The number of likely N-dealkylation sites (tertiary alicyclic amines) is 3. The Hall–Kier alpha value is -3.16. The predicted octanol–water partition coefficient (Wildman–Crippen LogP) is 5.99. The third kappa shape index (κ3) is 33.5. The van der Waals surface area contributed by atoms with Crippen LogP contribution in [0, 0.1) is 35.5 Å². The summed E-state index contributed by atoms with van der Waals surface area (Å²) in [6, 6.07) is 0.255. The van der Waals surface area contributed by atoms with E-state index in [1.165, 1.54) is 0 Å². The predicted molar refractivity (Wildman–Crippen MR) is 277 cm³/mol. The SMILES string of the molecule is CC(C)CC(=O)N1CCC(C)(O)CC1.CC(C)CC(=O)N1CCC(CS(=O)[O-])CC1.CC(C)CC(=O)N1CCC(NC=O)CC1.CC(C)CC(=O)N1CCS(=O)(=O)CC1.CC(C)CC(=O)OC(C)(C)C. The van der Waals surface area contributed by atoms with E-state index in [4.69, 9.17) is 4.74 Å². The minimum Gasteiger partial charge on any atom is -0.772 e. The smallest absolute Gasteiger partial charge is 0.306 e. The number of rotatable bonds is 14. The minimum atomic E-state index is -2.87. The molecular weight excluding hydrogens is 939 g/mol. The molecule has 0 spiro atoms.